The normalized spacial score (nSPS) is 12.2. The van der Waals surface area contributed by atoms with Crippen molar-refractivity contribution in [2.45, 2.75) is 33.4 Å². The summed E-state index contributed by atoms with van der Waals surface area (Å²) < 4.78 is 0. The van der Waals surface area contributed by atoms with Gasteiger partial charge < -0.3 is 10.2 Å². The Hall–Kier alpha value is -1.80. The first-order valence-corrected chi connectivity index (χ1v) is 7.53. The molecule has 2 rings (SSSR count). The second-order valence-corrected chi connectivity index (χ2v) is 6.08. The van der Waals surface area contributed by atoms with Gasteiger partial charge in [0.15, 0.2) is 0 Å². The SMILES string of the molecule is Cc1cc(C)cc(C(C)NCc2ccc(N(C)C)cc2)c1. The quantitative estimate of drug-likeness (QED) is 0.883. The molecule has 0 amide bonds. The van der Waals surface area contributed by atoms with Gasteiger partial charge in [0, 0.05) is 32.4 Å². The first-order valence-electron chi connectivity index (χ1n) is 7.53. The molecular formula is C19H26N2. The molecule has 112 valence electrons. The van der Waals surface area contributed by atoms with Gasteiger partial charge in [-0.05, 0) is 44.0 Å². The lowest BCUT2D eigenvalue weighted by Crippen LogP contribution is -2.18. The molecule has 0 heterocycles. The lowest BCUT2D eigenvalue weighted by atomic mass is 10.0. The molecule has 0 saturated carbocycles. The molecule has 0 fully saturated rings. The lowest BCUT2D eigenvalue weighted by molar-refractivity contribution is 0.574. The van der Waals surface area contributed by atoms with E-state index in [0.717, 1.165) is 6.54 Å². The van der Waals surface area contributed by atoms with E-state index in [1.54, 1.807) is 0 Å². The second kappa shape index (κ2) is 6.77. The molecule has 1 N–H and O–H groups in total. The molecule has 0 aliphatic rings. The van der Waals surface area contributed by atoms with Crippen molar-refractivity contribution in [2.24, 2.45) is 0 Å². The van der Waals surface area contributed by atoms with Crippen molar-refractivity contribution >= 4 is 5.69 Å². The Morgan fingerprint density at radius 1 is 0.952 bits per heavy atom. The zero-order valence-corrected chi connectivity index (χ0v) is 13.8. The molecule has 0 saturated heterocycles. The zero-order valence-electron chi connectivity index (χ0n) is 13.8. The van der Waals surface area contributed by atoms with Crippen LogP contribution in [0.3, 0.4) is 0 Å². The number of anilines is 1. The number of hydrogen-bond acceptors (Lipinski definition) is 2. The lowest BCUT2D eigenvalue weighted by Gasteiger charge is -2.17. The number of nitrogens with zero attached hydrogens (tertiary/aromatic N) is 1. The van der Waals surface area contributed by atoms with E-state index in [0.29, 0.717) is 6.04 Å². The molecule has 0 bridgehead atoms. The summed E-state index contributed by atoms with van der Waals surface area (Å²) in [6.07, 6.45) is 0. The van der Waals surface area contributed by atoms with Gasteiger partial charge in [-0.1, -0.05) is 41.5 Å². The van der Waals surface area contributed by atoms with E-state index in [1.807, 2.05) is 0 Å². The van der Waals surface area contributed by atoms with Gasteiger partial charge in [0.2, 0.25) is 0 Å². The molecule has 0 aliphatic heterocycles. The summed E-state index contributed by atoms with van der Waals surface area (Å²) in [6.45, 7) is 7.43. The molecule has 2 aromatic rings. The van der Waals surface area contributed by atoms with E-state index in [2.05, 4.69) is 87.5 Å². The highest BCUT2D eigenvalue weighted by atomic mass is 15.1. The van der Waals surface area contributed by atoms with Crippen LogP contribution in [-0.4, -0.2) is 14.1 Å². The number of aryl methyl sites for hydroxylation is 2. The third-order valence-corrected chi connectivity index (χ3v) is 3.81. The topological polar surface area (TPSA) is 15.3 Å². The fraction of sp³-hybridized carbons (Fsp3) is 0.368. The molecule has 2 nitrogen and oxygen atoms in total. The van der Waals surface area contributed by atoms with Crippen LogP contribution in [0.5, 0.6) is 0 Å². The molecule has 0 spiro atoms. The van der Waals surface area contributed by atoms with Crippen molar-refractivity contribution in [1.29, 1.82) is 0 Å². The van der Waals surface area contributed by atoms with Crippen LogP contribution in [0.1, 0.15) is 35.2 Å². The largest absolute Gasteiger partial charge is 0.378 e. The van der Waals surface area contributed by atoms with Gasteiger partial charge in [-0.3, -0.25) is 0 Å². The van der Waals surface area contributed by atoms with Crippen LogP contribution in [0, 0.1) is 13.8 Å². The highest BCUT2D eigenvalue weighted by Crippen LogP contribution is 2.18. The van der Waals surface area contributed by atoms with Crippen molar-refractivity contribution < 1.29 is 0 Å². The molecule has 0 radical (unpaired) electrons. The fourth-order valence-corrected chi connectivity index (χ4v) is 2.56. The van der Waals surface area contributed by atoms with E-state index in [4.69, 9.17) is 0 Å². The number of hydrogen-bond donors (Lipinski definition) is 1. The Bertz CT molecular complexity index is 565. The van der Waals surface area contributed by atoms with Crippen molar-refractivity contribution in [1.82, 2.24) is 5.32 Å². The van der Waals surface area contributed by atoms with Crippen LogP contribution in [0.15, 0.2) is 42.5 Å². The van der Waals surface area contributed by atoms with E-state index in [-0.39, 0.29) is 0 Å². The Kier molecular flexibility index (Phi) is 5.03. The average Bonchev–Trinajstić information content (AvgIpc) is 2.44. The molecule has 0 aromatic heterocycles. The van der Waals surface area contributed by atoms with Crippen molar-refractivity contribution in [3.8, 4) is 0 Å². The Morgan fingerprint density at radius 3 is 2.05 bits per heavy atom. The van der Waals surface area contributed by atoms with Gasteiger partial charge in [0.1, 0.15) is 0 Å². The Labute approximate surface area is 128 Å². The average molecular weight is 282 g/mol. The van der Waals surface area contributed by atoms with Crippen molar-refractivity contribution in [2.75, 3.05) is 19.0 Å². The van der Waals surface area contributed by atoms with Gasteiger partial charge in [-0.2, -0.15) is 0 Å². The van der Waals surface area contributed by atoms with Crippen molar-refractivity contribution in [3.05, 3.63) is 64.7 Å². The molecule has 0 aliphatic carbocycles. The maximum atomic E-state index is 3.60. The van der Waals surface area contributed by atoms with E-state index in [1.165, 1.54) is 27.9 Å². The van der Waals surface area contributed by atoms with Gasteiger partial charge in [-0.15, -0.1) is 0 Å². The van der Waals surface area contributed by atoms with Crippen molar-refractivity contribution in [3.63, 3.8) is 0 Å². The predicted octanol–water partition coefficient (Wildman–Crippen LogP) is 4.22. The Morgan fingerprint density at radius 2 is 1.52 bits per heavy atom. The summed E-state index contributed by atoms with van der Waals surface area (Å²) in [6, 6.07) is 15.8. The first-order chi connectivity index (χ1) is 9.95. The summed E-state index contributed by atoms with van der Waals surface area (Å²) in [5, 5.41) is 3.60. The smallest absolute Gasteiger partial charge is 0.0361 e. The van der Waals surface area contributed by atoms with Crippen LogP contribution < -0.4 is 10.2 Å². The monoisotopic (exact) mass is 282 g/mol. The maximum absolute atomic E-state index is 3.60. The minimum absolute atomic E-state index is 0.358. The molecule has 21 heavy (non-hydrogen) atoms. The Balaban J connectivity index is 1.98. The van der Waals surface area contributed by atoms with Crippen LogP contribution >= 0.6 is 0 Å². The molecule has 2 aromatic carbocycles. The van der Waals surface area contributed by atoms with Gasteiger partial charge in [0.25, 0.3) is 0 Å². The van der Waals surface area contributed by atoms with Crippen LogP contribution in [0.4, 0.5) is 5.69 Å². The fourth-order valence-electron chi connectivity index (χ4n) is 2.56. The predicted molar refractivity (Wildman–Crippen MR) is 91.9 cm³/mol. The van der Waals surface area contributed by atoms with Crippen LogP contribution in [0.2, 0.25) is 0 Å². The number of benzene rings is 2. The standard InChI is InChI=1S/C19H26N2/c1-14-10-15(2)12-18(11-14)16(3)20-13-17-6-8-19(9-7-17)21(4)5/h6-12,16,20H,13H2,1-5H3. The number of rotatable bonds is 5. The zero-order chi connectivity index (χ0) is 15.4. The van der Waals surface area contributed by atoms with E-state index < -0.39 is 0 Å². The number of nitrogens with one attached hydrogen (secondary N) is 1. The van der Waals surface area contributed by atoms with E-state index in [9.17, 15) is 0 Å². The highest BCUT2D eigenvalue weighted by molar-refractivity contribution is 5.46. The first kappa shape index (κ1) is 15.6. The maximum Gasteiger partial charge on any atom is 0.0361 e. The molecule has 1 atom stereocenters. The van der Waals surface area contributed by atoms with Gasteiger partial charge >= 0.3 is 0 Å². The summed E-state index contributed by atoms with van der Waals surface area (Å²) in [7, 11) is 4.13. The van der Waals surface area contributed by atoms with Gasteiger partial charge in [-0.25, -0.2) is 0 Å². The third kappa shape index (κ3) is 4.33. The summed E-state index contributed by atoms with van der Waals surface area (Å²) in [5.41, 5.74) is 6.57. The molecular weight excluding hydrogens is 256 g/mol. The summed E-state index contributed by atoms with van der Waals surface area (Å²) in [5.74, 6) is 0. The second-order valence-electron chi connectivity index (χ2n) is 6.08. The molecule has 1 unspecified atom stereocenters. The van der Waals surface area contributed by atoms with Crippen LogP contribution in [0.25, 0.3) is 0 Å². The molecule has 2 heteroatoms. The minimum atomic E-state index is 0.358. The minimum Gasteiger partial charge on any atom is -0.378 e. The third-order valence-electron chi connectivity index (χ3n) is 3.81. The van der Waals surface area contributed by atoms with Crippen LogP contribution in [-0.2, 0) is 6.54 Å². The van der Waals surface area contributed by atoms with E-state index >= 15 is 0 Å². The van der Waals surface area contributed by atoms with Gasteiger partial charge in [0.05, 0.1) is 0 Å². The highest BCUT2D eigenvalue weighted by Gasteiger charge is 2.06. The summed E-state index contributed by atoms with van der Waals surface area (Å²) in [4.78, 5) is 2.12. The summed E-state index contributed by atoms with van der Waals surface area (Å²) >= 11 is 0.